The molecule has 4 nitrogen and oxygen atoms in total. The van der Waals surface area contributed by atoms with E-state index in [4.69, 9.17) is 17.3 Å². The summed E-state index contributed by atoms with van der Waals surface area (Å²) in [6.45, 7) is 5.78. The normalized spacial score (nSPS) is 11.8. The summed E-state index contributed by atoms with van der Waals surface area (Å²) in [5.74, 6) is 0. The number of benzene rings is 1. The third kappa shape index (κ3) is 2.48. The van der Waals surface area contributed by atoms with Crippen molar-refractivity contribution in [2.24, 2.45) is 5.73 Å². The zero-order chi connectivity index (χ0) is 12.6. The molecular weight excluding hydrogens is 236 g/mol. The Morgan fingerprint density at radius 1 is 1.35 bits per heavy atom. The van der Waals surface area contributed by atoms with E-state index in [1.165, 1.54) is 0 Å². The van der Waals surface area contributed by atoms with Gasteiger partial charge in [-0.05, 0) is 38.5 Å². The van der Waals surface area contributed by atoms with Crippen LogP contribution in [0.25, 0.3) is 5.69 Å². The van der Waals surface area contributed by atoms with Crippen molar-refractivity contribution < 1.29 is 0 Å². The molecule has 0 saturated carbocycles. The highest BCUT2D eigenvalue weighted by molar-refractivity contribution is 6.32. The molecule has 0 atom stereocenters. The number of nitrogens with two attached hydrogens (primary N) is 1. The molecule has 0 saturated heterocycles. The fourth-order valence-electron chi connectivity index (χ4n) is 1.48. The zero-order valence-corrected chi connectivity index (χ0v) is 10.9. The van der Waals surface area contributed by atoms with E-state index in [0.29, 0.717) is 5.02 Å². The molecule has 0 radical (unpaired) electrons. The van der Waals surface area contributed by atoms with Crippen LogP contribution >= 0.6 is 11.6 Å². The number of rotatable bonds is 2. The molecule has 5 heteroatoms. The van der Waals surface area contributed by atoms with Crippen molar-refractivity contribution in [2.75, 3.05) is 0 Å². The molecule has 17 heavy (non-hydrogen) atoms. The molecule has 2 rings (SSSR count). The monoisotopic (exact) mass is 250 g/mol. The summed E-state index contributed by atoms with van der Waals surface area (Å²) in [7, 11) is 0. The van der Waals surface area contributed by atoms with Crippen LogP contribution in [0.4, 0.5) is 0 Å². The number of hydrogen-bond donors (Lipinski definition) is 1. The van der Waals surface area contributed by atoms with Crippen LogP contribution in [-0.2, 0) is 5.54 Å². The van der Waals surface area contributed by atoms with Gasteiger partial charge in [-0.2, -0.15) is 0 Å². The molecule has 0 amide bonds. The second kappa shape index (κ2) is 4.13. The highest BCUT2D eigenvalue weighted by Gasteiger charge is 2.19. The topological polar surface area (TPSA) is 56.7 Å². The lowest BCUT2D eigenvalue weighted by atomic mass is 10.0. The van der Waals surface area contributed by atoms with Gasteiger partial charge >= 0.3 is 0 Å². The van der Waals surface area contributed by atoms with Gasteiger partial charge in [-0.3, -0.25) is 0 Å². The fraction of sp³-hybridized carbons (Fsp3) is 0.333. The predicted molar refractivity (Wildman–Crippen MR) is 68.3 cm³/mol. The summed E-state index contributed by atoms with van der Waals surface area (Å²) in [6, 6.07) is 5.77. The van der Waals surface area contributed by atoms with Gasteiger partial charge in [0.15, 0.2) is 0 Å². The summed E-state index contributed by atoms with van der Waals surface area (Å²) >= 11 is 6.13. The molecule has 0 spiro atoms. The molecule has 0 aliphatic heterocycles. The Hall–Kier alpha value is -1.39. The van der Waals surface area contributed by atoms with Crippen LogP contribution in [0.1, 0.15) is 25.1 Å². The number of aromatic nitrogens is 3. The molecule has 0 bridgehead atoms. The van der Waals surface area contributed by atoms with Crippen LogP contribution in [-0.4, -0.2) is 15.0 Å². The second-order valence-electron chi connectivity index (χ2n) is 4.72. The van der Waals surface area contributed by atoms with Crippen molar-refractivity contribution in [2.45, 2.75) is 26.3 Å². The smallest absolute Gasteiger partial charge is 0.102 e. The molecular formula is C12H15ClN4. The van der Waals surface area contributed by atoms with Gasteiger partial charge in [-0.25, -0.2) is 4.68 Å². The van der Waals surface area contributed by atoms with Crippen molar-refractivity contribution in [3.63, 3.8) is 0 Å². The molecule has 0 aliphatic rings. The summed E-state index contributed by atoms with van der Waals surface area (Å²) in [6.07, 6.45) is 1.81. The summed E-state index contributed by atoms with van der Waals surface area (Å²) in [5, 5.41) is 8.76. The Balaban J connectivity index is 2.47. The Bertz CT molecular complexity index is 540. The van der Waals surface area contributed by atoms with Gasteiger partial charge in [0.25, 0.3) is 0 Å². The number of aryl methyl sites for hydroxylation is 1. The SMILES string of the molecule is Cc1ccc(Cl)c(-n2cc(C(C)(C)N)nn2)c1. The van der Waals surface area contributed by atoms with E-state index >= 15 is 0 Å². The third-order valence-electron chi connectivity index (χ3n) is 2.50. The van der Waals surface area contributed by atoms with Crippen LogP contribution in [0.3, 0.4) is 0 Å². The van der Waals surface area contributed by atoms with Gasteiger partial charge in [0.2, 0.25) is 0 Å². The maximum absolute atomic E-state index is 6.13. The van der Waals surface area contributed by atoms with E-state index in [-0.39, 0.29) is 0 Å². The minimum Gasteiger partial charge on any atom is -0.320 e. The van der Waals surface area contributed by atoms with Crippen molar-refractivity contribution in [3.05, 3.63) is 40.7 Å². The standard InChI is InChI=1S/C12H15ClN4/c1-8-4-5-9(13)10(6-8)17-7-11(15-16-17)12(2,3)14/h4-7H,14H2,1-3H3. The van der Waals surface area contributed by atoms with E-state index < -0.39 is 5.54 Å². The largest absolute Gasteiger partial charge is 0.320 e. The molecule has 2 aromatic rings. The first-order valence-corrected chi connectivity index (χ1v) is 5.74. The van der Waals surface area contributed by atoms with Crippen LogP contribution in [0.5, 0.6) is 0 Å². The number of halogens is 1. The average molecular weight is 251 g/mol. The maximum atomic E-state index is 6.13. The first-order valence-electron chi connectivity index (χ1n) is 5.36. The zero-order valence-electron chi connectivity index (χ0n) is 10.1. The molecule has 0 fully saturated rings. The van der Waals surface area contributed by atoms with E-state index in [1.807, 2.05) is 39.0 Å². The van der Waals surface area contributed by atoms with Gasteiger partial charge in [0.1, 0.15) is 5.69 Å². The minimum atomic E-state index is -0.505. The Morgan fingerprint density at radius 2 is 2.06 bits per heavy atom. The second-order valence-corrected chi connectivity index (χ2v) is 5.13. The van der Waals surface area contributed by atoms with Gasteiger partial charge in [0.05, 0.1) is 22.4 Å². The number of hydrogen-bond acceptors (Lipinski definition) is 3. The Morgan fingerprint density at radius 3 is 2.65 bits per heavy atom. The van der Waals surface area contributed by atoms with Gasteiger partial charge < -0.3 is 5.73 Å². The molecule has 90 valence electrons. The van der Waals surface area contributed by atoms with Crippen molar-refractivity contribution in [1.82, 2.24) is 15.0 Å². The molecule has 0 unspecified atom stereocenters. The Kier molecular flexibility index (Phi) is 2.93. The van der Waals surface area contributed by atoms with Crippen LogP contribution in [0.15, 0.2) is 24.4 Å². The highest BCUT2D eigenvalue weighted by Crippen LogP contribution is 2.22. The van der Waals surface area contributed by atoms with E-state index in [1.54, 1.807) is 10.9 Å². The lowest BCUT2D eigenvalue weighted by molar-refractivity contribution is 0.533. The first-order chi connectivity index (χ1) is 7.88. The molecule has 1 aromatic heterocycles. The van der Waals surface area contributed by atoms with Crippen LogP contribution in [0.2, 0.25) is 5.02 Å². The quantitative estimate of drug-likeness (QED) is 0.891. The molecule has 0 aliphatic carbocycles. The summed E-state index contributed by atoms with van der Waals surface area (Å²) in [4.78, 5) is 0. The lowest BCUT2D eigenvalue weighted by Gasteiger charge is -2.13. The van der Waals surface area contributed by atoms with E-state index in [2.05, 4.69) is 10.3 Å². The number of nitrogens with zero attached hydrogens (tertiary/aromatic N) is 3. The van der Waals surface area contributed by atoms with Crippen molar-refractivity contribution in [1.29, 1.82) is 0 Å². The fourth-order valence-corrected chi connectivity index (χ4v) is 1.68. The first kappa shape index (κ1) is 12.1. The molecule has 1 heterocycles. The molecule has 1 aromatic carbocycles. The van der Waals surface area contributed by atoms with E-state index in [9.17, 15) is 0 Å². The Labute approximate surface area is 105 Å². The molecule has 2 N–H and O–H groups in total. The average Bonchev–Trinajstić information content (AvgIpc) is 2.70. The maximum Gasteiger partial charge on any atom is 0.102 e. The van der Waals surface area contributed by atoms with Gasteiger partial charge in [-0.15, -0.1) is 5.10 Å². The predicted octanol–water partition coefficient (Wildman–Crippen LogP) is 2.42. The third-order valence-corrected chi connectivity index (χ3v) is 2.82. The van der Waals surface area contributed by atoms with Crippen LogP contribution in [0, 0.1) is 6.92 Å². The van der Waals surface area contributed by atoms with Gasteiger partial charge in [0, 0.05) is 0 Å². The highest BCUT2D eigenvalue weighted by atomic mass is 35.5. The summed E-state index contributed by atoms with van der Waals surface area (Å²) < 4.78 is 1.65. The summed E-state index contributed by atoms with van der Waals surface area (Å²) in [5.41, 5.74) is 8.13. The van der Waals surface area contributed by atoms with Crippen LogP contribution < -0.4 is 5.73 Å². The minimum absolute atomic E-state index is 0.505. The van der Waals surface area contributed by atoms with E-state index in [0.717, 1.165) is 16.9 Å². The van der Waals surface area contributed by atoms with Gasteiger partial charge in [-0.1, -0.05) is 22.9 Å². The van der Waals surface area contributed by atoms with Crippen molar-refractivity contribution >= 4 is 11.6 Å². The lowest BCUT2D eigenvalue weighted by Crippen LogP contribution is -2.29. The van der Waals surface area contributed by atoms with Crippen molar-refractivity contribution in [3.8, 4) is 5.69 Å².